The molecule has 1 saturated carbocycles. The summed E-state index contributed by atoms with van der Waals surface area (Å²) in [6.07, 6.45) is 1.28. The molecule has 4 heteroatoms. The lowest BCUT2D eigenvalue weighted by molar-refractivity contribution is -0.146. The molecule has 0 radical (unpaired) electrons. The second kappa shape index (κ2) is 4.75. The number of aliphatic carboxylic acids is 1. The number of carbonyl (C=O) groups is 1. The lowest BCUT2D eigenvalue weighted by Gasteiger charge is -2.35. The van der Waals surface area contributed by atoms with E-state index in [-0.39, 0.29) is 24.0 Å². The predicted octanol–water partition coefficient (Wildman–Crippen LogP) is 0.456. The number of hydrogen-bond donors (Lipinski definition) is 3. The van der Waals surface area contributed by atoms with Crippen LogP contribution in [-0.4, -0.2) is 34.9 Å². The zero-order valence-corrected chi connectivity index (χ0v) is 8.73. The molecule has 0 bridgehead atoms. The van der Waals surface area contributed by atoms with Crippen molar-refractivity contribution in [2.45, 2.75) is 38.8 Å². The molecule has 3 atom stereocenters. The van der Waals surface area contributed by atoms with Crippen LogP contribution >= 0.6 is 0 Å². The highest BCUT2D eigenvalue weighted by Crippen LogP contribution is 2.27. The number of rotatable bonds is 5. The van der Waals surface area contributed by atoms with Gasteiger partial charge in [-0.25, -0.2) is 0 Å². The molecule has 0 aromatic carbocycles. The van der Waals surface area contributed by atoms with Crippen molar-refractivity contribution < 1.29 is 15.0 Å². The highest BCUT2D eigenvalue weighted by Gasteiger charge is 2.36. The van der Waals surface area contributed by atoms with E-state index in [0.717, 1.165) is 12.8 Å². The van der Waals surface area contributed by atoms with E-state index in [1.54, 1.807) is 0 Å². The second-order valence-electron chi connectivity index (χ2n) is 4.35. The Morgan fingerprint density at radius 3 is 2.50 bits per heavy atom. The molecule has 82 valence electrons. The molecule has 0 amide bonds. The number of carboxylic acid groups (broad SMARTS) is 1. The van der Waals surface area contributed by atoms with E-state index in [4.69, 9.17) is 5.11 Å². The summed E-state index contributed by atoms with van der Waals surface area (Å²) in [6, 6.07) is 0.0564. The predicted molar refractivity (Wildman–Crippen MR) is 53.0 cm³/mol. The van der Waals surface area contributed by atoms with E-state index < -0.39 is 5.97 Å². The van der Waals surface area contributed by atoms with Crippen molar-refractivity contribution in [1.82, 2.24) is 5.32 Å². The van der Waals surface area contributed by atoms with Gasteiger partial charge in [0.05, 0.1) is 12.0 Å². The van der Waals surface area contributed by atoms with Crippen molar-refractivity contribution >= 4 is 5.97 Å². The van der Waals surface area contributed by atoms with Crippen LogP contribution in [-0.2, 0) is 4.79 Å². The largest absolute Gasteiger partial charge is 0.481 e. The monoisotopic (exact) mass is 201 g/mol. The zero-order chi connectivity index (χ0) is 10.7. The molecular formula is C10H19NO3. The van der Waals surface area contributed by atoms with Gasteiger partial charge in [0, 0.05) is 12.6 Å². The minimum absolute atomic E-state index is 0.0564. The SMILES string of the molecule is CC(C)C(O)CNC1CCC1C(=O)O. The third kappa shape index (κ3) is 2.69. The Morgan fingerprint density at radius 2 is 2.14 bits per heavy atom. The quantitative estimate of drug-likeness (QED) is 0.604. The summed E-state index contributed by atoms with van der Waals surface area (Å²) in [4.78, 5) is 10.7. The molecule has 4 nitrogen and oxygen atoms in total. The van der Waals surface area contributed by atoms with Crippen LogP contribution in [0.2, 0.25) is 0 Å². The molecule has 0 spiro atoms. The van der Waals surface area contributed by atoms with Crippen LogP contribution in [0.1, 0.15) is 26.7 Å². The molecule has 3 unspecified atom stereocenters. The van der Waals surface area contributed by atoms with Gasteiger partial charge in [0.25, 0.3) is 0 Å². The highest BCUT2D eigenvalue weighted by atomic mass is 16.4. The second-order valence-corrected chi connectivity index (χ2v) is 4.35. The average molecular weight is 201 g/mol. The van der Waals surface area contributed by atoms with Crippen molar-refractivity contribution in [3.05, 3.63) is 0 Å². The van der Waals surface area contributed by atoms with Crippen molar-refractivity contribution in [3.8, 4) is 0 Å². The first-order valence-corrected chi connectivity index (χ1v) is 5.16. The number of carboxylic acids is 1. The topological polar surface area (TPSA) is 69.6 Å². The summed E-state index contributed by atoms with van der Waals surface area (Å²) in [7, 11) is 0. The molecule has 3 N–H and O–H groups in total. The van der Waals surface area contributed by atoms with Crippen molar-refractivity contribution in [1.29, 1.82) is 0 Å². The zero-order valence-electron chi connectivity index (χ0n) is 8.73. The Labute approximate surface area is 84.3 Å². The van der Waals surface area contributed by atoms with Crippen LogP contribution in [0.3, 0.4) is 0 Å². The van der Waals surface area contributed by atoms with Gasteiger partial charge in [0.2, 0.25) is 0 Å². The minimum atomic E-state index is -0.729. The first-order chi connectivity index (χ1) is 6.52. The smallest absolute Gasteiger partial charge is 0.308 e. The maximum Gasteiger partial charge on any atom is 0.308 e. The number of hydrogen-bond acceptors (Lipinski definition) is 3. The third-order valence-corrected chi connectivity index (χ3v) is 2.95. The summed E-state index contributed by atoms with van der Waals surface area (Å²) < 4.78 is 0. The van der Waals surface area contributed by atoms with Crippen molar-refractivity contribution in [2.24, 2.45) is 11.8 Å². The minimum Gasteiger partial charge on any atom is -0.481 e. The molecule has 0 saturated heterocycles. The van der Waals surface area contributed by atoms with E-state index in [0.29, 0.717) is 6.54 Å². The lowest BCUT2D eigenvalue weighted by atomic mass is 9.79. The van der Waals surface area contributed by atoms with E-state index in [1.807, 2.05) is 13.8 Å². The molecule has 0 heterocycles. The summed E-state index contributed by atoms with van der Waals surface area (Å²) in [5, 5.41) is 21.4. The summed E-state index contributed by atoms with van der Waals surface area (Å²) in [5.41, 5.74) is 0. The van der Waals surface area contributed by atoms with Crippen molar-refractivity contribution in [2.75, 3.05) is 6.54 Å². The van der Waals surface area contributed by atoms with Gasteiger partial charge >= 0.3 is 5.97 Å². The number of nitrogens with one attached hydrogen (secondary N) is 1. The standard InChI is InChI=1S/C10H19NO3/c1-6(2)9(12)5-11-8-4-3-7(8)10(13)14/h6-9,11-12H,3-5H2,1-2H3,(H,13,14). The lowest BCUT2D eigenvalue weighted by Crippen LogP contribution is -2.50. The number of aliphatic hydroxyl groups excluding tert-OH is 1. The molecular weight excluding hydrogens is 182 g/mol. The maximum atomic E-state index is 10.7. The first kappa shape index (κ1) is 11.5. The van der Waals surface area contributed by atoms with Crippen LogP contribution in [0.15, 0.2) is 0 Å². The summed E-state index contributed by atoms with van der Waals surface area (Å²) >= 11 is 0. The molecule has 14 heavy (non-hydrogen) atoms. The average Bonchev–Trinajstić information content (AvgIpc) is 2.00. The molecule has 0 aromatic heterocycles. The van der Waals surface area contributed by atoms with Gasteiger partial charge in [0.1, 0.15) is 0 Å². The maximum absolute atomic E-state index is 10.7. The third-order valence-electron chi connectivity index (χ3n) is 2.95. The fourth-order valence-corrected chi connectivity index (χ4v) is 1.55. The van der Waals surface area contributed by atoms with Gasteiger partial charge in [-0.2, -0.15) is 0 Å². The Balaban J connectivity index is 2.22. The van der Waals surface area contributed by atoms with E-state index in [9.17, 15) is 9.90 Å². The highest BCUT2D eigenvalue weighted by molar-refractivity contribution is 5.72. The van der Waals surface area contributed by atoms with Gasteiger partial charge in [-0.15, -0.1) is 0 Å². The van der Waals surface area contributed by atoms with Crippen LogP contribution in [0, 0.1) is 11.8 Å². The molecule has 0 aromatic rings. The fourth-order valence-electron chi connectivity index (χ4n) is 1.55. The Morgan fingerprint density at radius 1 is 1.50 bits per heavy atom. The Bertz CT molecular complexity index is 206. The van der Waals surface area contributed by atoms with E-state index in [1.165, 1.54) is 0 Å². The molecule has 0 aliphatic heterocycles. The van der Waals surface area contributed by atoms with Crippen LogP contribution in [0.4, 0.5) is 0 Å². The Hall–Kier alpha value is -0.610. The van der Waals surface area contributed by atoms with Gasteiger partial charge < -0.3 is 15.5 Å². The van der Waals surface area contributed by atoms with Crippen LogP contribution < -0.4 is 5.32 Å². The van der Waals surface area contributed by atoms with Crippen molar-refractivity contribution in [3.63, 3.8) is 0 Å². The fraction of sp³-hybridized carbons (Fsp3) is 0.900. The molecule has 1 fully saturated rings. The van der Waals surface area contributed by atoms with Gasteiger partial charge in [-0.3, -0.25) is 4.79 Å². The van der Waals surface area contributed by atoms with Crippen LogP contribution in [0.5, 0.6) is 0 Å². The summed E-state index contributed by atoms with van der Waals surface area (Å²) in [6.45, 7) is 4.38. The Kier molecular flexibility index (Phi) is 3.89. The molecule has 1 aliphatic rings. The van der Waals surface area contributed by atoms with Gasteiger partial charge in [-0.1, -0.05) is 13.8 Å². The first-order valence-electron chi connectivity index (χ1n) is 5.16. The van der Waals surface area contributed by atoms with Gasteiger partial charge in [0.15, 0.2) is 0 Å². The van der Waals surface area contributed by atoms with Gasteiger partial charge in [-0.05, 0) is 18.8 Å². The van der Waals surface area contributed by atoms with E-state index >= 15 is 0 Å². The van der Waals surface area contributed by atoms with E-state index in [2.05, 4.69) is 5.32 Å². The molecule has 1 aliphatic carbocycles. The normalized spacial score (nSPS) is 28.6. The summed E-state index contributed by atoms with van der Waals surface area (Å²) in [5.74, 6) is -0.770. The van der Waals surface area contributed by atoms with Crippen LogP contribution in [0.25, 0.3) is 0 Å². The molecule has 1 rings (SSSR count). The number of aliphatic hydroxyl groups is 1.